The van der Waals surface area contributed by atoms with E-state index in [0.29, 0.717) is 0 Å². The minimum absolute atomic E-state index is 0. The Morgan fingerprint density at radius 3 is 1.57 bits per heavy atom. The molecule has 0 amide bonds. The van der Waals surface area contributed by atoms with E-state index in [2.05, 4.69) is 40.7 Å². The van der Waals surface area contributed by atoms with Crippen molar-refractivity contribution in [2.45, 2.75) is 90.8 Å². The van der Waals surface area contributed by atoms with Gasteiger partial charge < -0.3 is 25.9 Å². The van der Waals surface area contributed by atoms with Gasteiger partial charge in [0, 0.05) is 0 Å². The smallest absolute Gasteiger partial charge is 0.184 e. The number of unbranched alkanes of at least 4 members (excludes halogenated alkanes) is 9. The number of hydrogen-bond donors (Lipinski definition) is 0. The van der Waals surface area contributed by atoms with Gasteiger partial charge in [-0.25, -0.2) is 0 Å². The molecule has 0 bridgehead atoms. The summed E-state index contributed by atoms with van der Waals surface area (Å²) < 4.78 is 7.10. The molecule has 23 heavy (non-hydrogen) atoms. The Balaban J connectivity index is 0. The fraction of sp³-hybridized carbons (Fsp3) is 1.00. The van der Waals surface area contributed by atoms with Gasteiger partial charge in [-0.3, -0.25) is 0 Å². The summed E-state index contributed by atoms with van der Waals surface area (Å²) in [7, 11) is 3.36. The quantitative estimate of drug-likeness (QED) is 0.229. The van der Waals surface area contributed by atoms with E-state index in [1.807, 2.05) is 0 Å². The van der Waals surface area contributed by atoms with Gasteiger partial charge in [-0.05, 0) is 32.5 Å². The van der Waals surface area contributed by atoms with Crippen LogP contribution in [0.15, 0.2) is 0 Å². The van der Waals surface area contributed by atoms with Crippen LogP contribution in [0.4, 0.5) is 0 Å². The first-order chi connectivity index (χ1) is 10.3. The molecule has 0 heterocycles. The topological polar surface area (TPSA) is 9.23 Å². The first kappa shape index (κ1) is 25.9. The fourth-order valence-electron chi connectivity index (χ4n) is 2.74. The Bertz CT molecular complexity index is 254. The zero-order chi connectivity index (χ0) is 16.9. The Hall–Kier alpha value is 0.617. The molecule has 0 fully saturated rings. The van der Waals surface area contributed by atoms with Crippen molar-refractivity contribution in [1.82, 2.24) is 0 Å². The van der Waals surface area contributed by atoms with Crippen LogP contribution in [0.25, 0.3) is 0 Å². The maximum atomic E-state index is 5.99. The van der Waals surface area contributed by atoms with E-state index in [-0.39, 0.29) is 17.0 Å². The largest absolute Gasteiger partial charge is 1.00 e. The predicted molar refractivity (Wildman–Crippen MR) is 103 cm³/mol. The van der Waals surface area contributed by atoms with Crippen LogP contribution >= 0.6 is 0 Å². The molecule has 0 N–H and O–H groups in total. The maximum absolute atomic E-state index is 5.99. The summed E-state index contributed by atoms with van der Waals surface area (Å²) in [4.78, 5) is 0. The normalized spacial score (nSPS) is 12.3. The van der Waals surface area contributed by atoms with Gasteiger partial charge >= 0.3 is 0 Å². The second-order valence-electron chi connectivity index (χ2n) is 8.53. The van der Waals surface area contributed by atoms with E-state index in [4.69, 9.17) is 4.43 Å². The third-order valence-electron chi connectivity index (χ3n) is 4.35. The Morgan fingerprint density at radius 2 is 1.13 bits per heavy atom. The Kier molecular flexibility index (Phi) is 16.8. The third kappa shape index (κ3) is 20.6. The van der Waals surface area contributed by atoms with Crippen LogP contribution in [0.2, 0.25) is 19.6 Å². The summed E-state index contributed by atoms with van der Waals surface area (Å²) >= 11 is 0. The van der Waals surface area contributed by atoms with Gasteiger partial charge in [-0.2, -0.15) is 0 Å². The van der Waals surface area contributed by atoms with E-state index in [0.717, 1.165) is 17.6 Å². The first-order valence-electron chi connectivity index (χ1n) is 9.73. The number of likely N-dealkylation sites (N-methyl/N-ethyl adjacent to an activating group) is 1. The summed E-state index contributed by atoms with van der Waals surface area (Å²) in [5.74, 6) is 0. The number of halogens is 1. The Labute approximate surface area is 158 Å². The molecule has 0 aliphatic rings. The molecule has 0 rings (SSSR count). The van der Waals surface area contributed by atoms with Gasteiger partial charge in [0.15, 0.2) is 8.32 Å². The van der Waals surface area contributed by atoms with Crippen LogP contribution in [0.1, 0.15) is 71.1 Å². The van der Waals surface area contributed by atoms with Crippen molar-refractivity contribution < 1.29 is 25.9 Å². The van der Waals surface area contributed by atoms with Gasteiger partial charge in [0.1, 0.15) is 6.54 Å². The van der Waals surface area contributed by atoms with Crippen molar-refractivity contribution in [3.8, 4) is 0 Å². The van der Waals surface area contributed by atoms with Gasteiger partial charge in [-0.15, -0.1) is 0 Å². The zero-order valence-electron chi connectivity index (χ0n) is 16.9. The molecule has 0 aromatic heterocycles. The van der Waals surface area contributed by atoms with Crippen LogP contribution in [0.3, 0.4) is 0 Å². The lowest BCUT2D eigenvalue weighted by atomic mass is 10.1. The van der Waals surface area contributed by atoms with E-state index >= 15 is 0 Å². The van der Waals surface area contributed by atoms with Crippen molar-refractivity contribution in [1.29, 1.82) is 0 Å². The highest BCUT2D eigenvalue weighted by atomic mass is 79.9. The lowest BCUT2D eigenvalue weighted by Crippen LogP contribution is -3.00. The summed E-state index contributed by atoms with van der Waals surface area (Å²) in [6.45, 7) is 12.5. The van der Waals surface area contributed by atoms with Crippen LogP contribution in [-0.2, 0) is 4.43 Å². The Morgan fingerprint density at radius 1 is 0.696 bits per heavy atom. The van der Waals surface area contributed by atoms with Gasteiger partial charge in [0.25, 0.3) is 0 Å². The molecule has 0 unspecified atom stereocenters. The number of quaternary nitrogens is 1. The standard InChI is InChI=1S/C19H44NOSi.BrH/c1-7-8-9-10-11-12-13-14-15-16-17-20(2,3)18-19-21-22(4,5)6;/h7-19H2,1-6H3;1H/q+1;/p-1. The summed E-state index contributed by atoms with van der Waals surface area (Å²) in [5, 5.41) is 0. The van der Waals surface area contributed by atoms with Crippen LogP contribution in [0.5, 0.6) is 0 Å². The fourth-order valence-corrected chi connectivity index (χ4v) is 3.44. The summed E-state index contributed by atoms with van der Waals surface area (Å²) in [6.07, 6.45) is 14.2. The molecule has 0 atom stereocenters. The zero-order valence-corrected chi connectivity index (χ0v) is 19.5. The number of rotatable bonds is 15. The third-order valence-corrected chi connectivity index (χ3v) is 5.42. The average molecular weight is 411 g/mol. The SMILES string of the molecule is CCCCCCCCCCCC[N+](C)(C)CCO[Si](C)(C)C.[Br-]. The highest BCUT2D eigenvalue weighted by Crippen LogP contribution is 2.12. The molecule has 0 saturated carbocycles. The maximum Gasteiger partial charge on any atom is 0.184 e. The molecule has 0 spiro atoms. The minimum Gasteiger partial charge on any atom is -1.00 e. The molecule has 0 aliphatic carbocycles. The molecule has 0 radical (unpaired) electrons. The lowest BCUT2D eigenvalue weighted by Gasteiger charge is -2.31. The molecule has 0 aromatic rings. The van der Waals surface area contributed by atoms with E-state index in [9.17, 15) is 0 Å². The molecule has 0 aliphatic heterocycles. The van der Waals surface area contributed by atoms with E-state index in [1.165, 1.54) is 70.8 Å². The van der Waals surface area contributed by atoms with Crippen LogP contribution < -0.4 is 17.0 Å². The monoisotopic (exact) mass is 409 g/mol. The van der Waals surface area contributed by atoms with Crippen molar-refractivity contribution in [2.24, 2.45) is 0 Å². The van der Waals surface area contributed by atoms with Gasteiger partial charge in [-0.1, -0.05) is 58.3 Å². The molecular weight excluding hydrogens is 366 g/mol. The molecule has 142 valence electrons. The van der Waals surface area contributed by atoms with Crippen molar-refractivity contribution >= 4 is 8.32 Å². The minimum atomic E-state index is -1.33. The molecular formula is C19H44BrNOSi. The number of nitrogens with zero attached hydrogens (tertiary/aromatic N) is 1. The van der Waals surface area contributed by atoms with Crippen molar-refractivity contribution in [3.63, 3.8) is 0 Å². The molecule has 4 heteroatoms. The van der Waals surface area contributed by atoms with E-state index < -0.39 is 8.32 Å². The molecule has 0 aromatic carbocycles. The molecule has 2 nitrogen and oxygen atoms in total. The number of hydrogen-bond acceptors (Lipinski definition) is 1. The highest BCUT2D eigenvalue weighted by Gasteiger charge is 2.18. The lowest BCUT2D eigenvalue weighted by molar-refractivity contribution is -0.890. The summed E-state index contributed by atoms with van der Waals surface area (Å²) in [5.41, 5.74) is 0. The first-order valence-corrected chi connectivity index (χ1v) is 13.1. The summed E-state index contributed by atoms with van der Waals surface area (Å²) in [6, 6.07) is 0. The second-order valence-corrected chi connectivity index (χ2v) is 13.0. The van der Waals surface area contributed by atoms with E-state index in [1.54, 1.807) is 0 Å². The predicted octanol–water partition coefficient (Wildman–Crippen LogP) is 2.84. The van der Waals surface area contributed by atoms with Crippen LogP contribution in [-0.4, -0.2) is 46.6 Å². The van der Waals surface area contributed by atoms with Crippen molar-refractivity contribution in [2.75, 3.05) is 33.8 Å². The molecule has 0 saturated heterocycles. The highest BCUT2D eigenvalue weighted by molar-refractivity contribution is 6.69. The van der Waals surface area contributed by atoms with Gasteiger partial charge in [0.2, 0.25) is 0 Å². The van der Waals surface area contributed by atoms with Gasteiger partial charge in [0.05, 0.1) is 27.2 Å². The second kappa shape index (κ2) is 14.9. The van der Waals surface area contributed by atoms with Crippen molar-refractivity contribution in [3.05, 3.63) is 0 Å². The average Bonchev–Trinajstić information content (AvgIpc) is 2.39. The van der Waals surface area contributed by atoms with Crippen LogP contribution in [0, 0.1) is 0 Å².